The third kappa shape index (κ3) is 8.01. The largest absolute Gasteiger partial charge is 0.497 e. The second kappa shape index (κ2) is 13.6. The maximum atomic E-state index is 5.95. The number of ether oxygens (including phenoxy) is 2. The van der Waals surface area contributed by atoms with Crippen molar-refractivity contribution in [2.24, 2.45) is 4.99 Å². The molecule has 1 aliphatic rings. The van der Waals surface area contributed by atoms with E-state index in [1.165, 1.54) is 5.56 Å². The molecule has 0 spiro atoms. The third-order valence-corrected chi connectivity index (χ3v) is 5.21. The van der Waals surface area contributed by atoms with Crippen LogP contribution in [0.1, 0.15) is 30.0 Å². The van der Waals surface area contributed by atoms with Crippen LogP contribution in [-0.2, 0) is 11.2 Å². The van der Waals surface area contributed by atoms with Crippen molar-refractivity contribution in [3.05, 3.63) is 53.5 Å². The lowest BCUT2D eigenvalue weighted by molar-refractivity contribution is 0.0135. The molecule has 1 atom stereocenters. The maximum Gasteiger partial charge on any atom is 0.191 e. The van der Waals surface area contributed by atoms with E-state index < -0.39 is 0 Å². The summed E-state index contributed by atoms with van der Waals surface area (Å²) in [4.78, 5) is 7.26. The molecule has 0 radical (unpaired) electrons. The molecule has 3 rings (SSSR count). The summed E-state index contributed by atoms with van der Waals surface area (Å²) in [7, 11) is 1.68. The Morgan fingerprint density at radius 1 is 1.13 bits per heavy atom. The molecule has 1 fully saturated rings. The smallest absolute Gasteiger partial charge is 0.191 e. The molecule has 172 valence electrons. The molecule has 1 aliphatic heterocycles. The Labute approximate surface area is 202 Å². The van der Waals surface area contributed by atoms with Gasteiger partial charge in [0, 0.05) is 26.2 Å². The minimum Gasteiger partial charge on any atom is -0.497 e. The quantitative estimate of drug-likeness (QED) is 0.288. The number of hydrogen-bond acceptors (Lipinski definition) is 5. The van der Waals surface area contributed by atoms with Crippen LogP contribution in [0.3, 0.4) is 0 Å². The highest BCUT2D eigenvalue weighted by molar-refractivity contribution is 14.0. The fourth-order valence-corrected chi connectivity index (χ4v) is 3.54. The number of hydrogen-bond donors (Lipinski definition) is 2. The highest BCUT2D eigenvalue weighted by Crippen LogP contribution is 2.24. The molecule has 31 heavy (non-hydrogen) atoms. The van der Waals surface area contributed by atoms with Gasteiger partial charge >= 0.3 is 0 Å². The molecular formula is C23H35IN4O3. The number of morpholine rings is 1. The first-order chi connectivity index (χ1) is 14.7. The Morgan fingerprint density at radius 2 is 1.87 bits per heavy atom. The van der Waals surface area contributed by atoms with E-state index in [0.717, 1.165) is 69.0 Å². The molecule has 8 heteroatoms. The molecule has 1 aromatic carbocycles. The van der Waals surface area contributed by atoms with Crippen molar-refractivity contribution < 1.29 is 13.9 Å². The summed E-state index contributed by atoms with van der Waals surface area (Å²) in [5.74, 6) is 3.60. The van der Waals surface area contributed by atoms with E-state index in [-0.39, 0.29) is 30.0 Å². The molecule has 0 saturated carbocycles. The highest BCUT2D eigenvalue weighted by atomic mass is 127. The van der Waals surface area contributed by atoms with Crippen LogP contribution in [0.15, 0.2) is 45.8 Å². The van der Waals surface area contributed by atoms with E-state index in [1.54, 1.807) is 7.11 Å². The number of furan rings is 1. The van der Waals surface area contributed by atoms with Gasteiger partial charge < -0.3 is 24.5 Å². The molecule has 1 saturated heterocycles. The Balaban J connectivity index is 0.00000341. The Morgan fingerprint density at radius 3 is 2.48 bits per heavy atom. The van der Waals surface area contributed by atoms with E-state index in [9.17, 15) is 0 Å². The lowest BCUT2D eigenvalue weighted by atomic mass is 10.1. The van der Waals surface area contributed by atoms with Crippen LogP contribution in [0.2, 0.25) is 0 Å². The number of methoxy groups -OCH3 is 1. The second-order valence-corrected chi connectivity index (χ2v) is 7.36. The monoisotopic (exact) mass is 542 g/mol. The first-order valence-electron chi connectivity index (χ1n) is 10.7. The molecule has 1 unspecified atom stereocenters. The zero-order valence-electron chi connectivity index (χ0n) is 18.7. The van der Waals surface area contributed by atoms with E-state index in [4.69, 9.17) is 18.9 Å². The van der Waals surface area contributed by atoms with Gasteiger partial charge in [0.1, 0.15) is 17.3 Å². The predicted octanol–water partition coefficient (Wildman–Crippen LogP) is 3.39. The molecular weight excluding hydrogens is 507 g/mol. The molecule has 1 aromatic heterocycles. The number of benzene rings is 1. The highest BCUT2D eigenvalue weighted by Gasteiger charge is 2.25. The molecule has 7 nitrogen and oxygen atoms in total. The van der Waals surface area contributed by atoms with Gasteiger partial charge in [-0.3, -0.25) is 9.89 Å². The van der Waals surface area contributed by atoms with Crippen molar-refractivity contribution in [3.63, 3.8) is 0 Å². The van der Waals surface area contributed by atoms with Gasteiger partial charge in [-0.2, -0.15) is 0 Å². The van der Waals surface area contributed by atoms with Crippen LogP contribution in [0, 0.1) is 6.92 Å². The molecule has 0 bridgehead atoms. The third-order valence-electron chi connectivity index (χ3n) is 5.21. The van der Waals surface area contributed by atoms with Gasteiger partial charge in [-0.25, -0.2) is 0 Å². The lowest BCUT2D eigenvalue weighted by Gasteiger charge is -2.32. The summed E-state index contributed by atoms with van der Waals surface area (Å²) in [5, 5.41) is 6.79. The predicted molar refractivity (Wildman–Crippen MR) is 135 cm³/mol. The fraction of sp³-hybridized carbons (Fsp3) is 0.522. The molecule has 2 aromatic rings. The van der Waals surface area contributed by atoms with Crippen LogP contribution in [0.25, 0.3) is 0 Å². The van der Waals surface area contributed by atoms with Gasteiger partial charge in [0.25, 0.3) is 0 Å². The summed E-state index contributed by atoms with van der Waals surface area (Å²) < 4.78 is 16.7. The summed E-state index contributed by atoms with van der Waals surface area (Å²) in [6.07, 6.45) is 0.915. The van der Waals surface area contributed by atoms with Gasteiger partial charge in [-0.1, -0.05) is 12.1 Å². The van der Waals surface area contributed by atoms with Gasteiger partial charge in [-0.15, -0.1) is 24.0 Å². The number of nitrogens with zero attached hydrogens (tertiary/aromatic N) is 2. The maximum absolute atomic E-state index is 5.95. The van der Waals surface area contributed by atoms with Crippen LogP contribution >= 0.6 is 24.0 Å². The SMILES string of the molecule is CCNC(=NCC(c1ccc(C)o1)N1CCOCC1)NCCc1ccc(OC)cc1.I. The Bertz CT molecular complexity index is 788. The van der Waals surface area contributed by atoms with Gasteiger partial charge in [0.15, 0.2) is 5.96 Å². The molecule has 0 amide bonds. The lowest BCUT2D eigenvalue weighted by Crippen LogP contribution is -2.42. The zero-order chi connectivity index (χ0) is 21.2. The van der Waals surface area contributed by atoms with Crippen molar-refractivity contribution in [1.29, 1.82) is 0 Å². The minimum atomic E-state index is 0. The van der Waals surface area contributed by atoms with Crippen LogP contribution < -0.4 is 15.4 Å². The number of aryl methyl sites for hydroxylation is 1. The standard InChI is InChI=1S/C23H34N4O3.HI/c1-4-24-23(25-12-11-19-6-8-20(28-3)9-7-19)26-17-21(22-10-5-18(2)30-22)27-13-15-29-16-14-27;/h5-10,21H,4,11-17H2,1-3H3,(H2,24,25,26);1H. The van der Waals surface area contributed by atoms with E-state index >= 15 is 0 Å². The first kappa shape index (κ1) is 25.5. The normalized spacial score (nSPS) is 15.8. The van der Waals surface area contributed by atoms with E-state index in [0.29, 0.717) is 6.54 Å². The second-order valence-electron chi connectivity index (χ2n) is 7.36. The first-order valence-corrected chi connectivity index (χ1v) is 10.7. The number of nitrogens with one attached hydrogen (secondary N) is 2. The summed E-state index contributed by atoms with van der Waals surface area (Å²) in [6, 6.07) is 12.4. The summed E-state index contributed by atoms with van der Waals surface area (Å²) in [5.41, 5.74) is 1.26. The van der Waals surface area contributed by atoms with Crippen molar-refractivity contribution in [2.75, 3.05) is 53.0 Å². The van der Waals surface area contributed by atoms with Crippen molar-refractivity contribution >= 4 is 29.9 Å². The average molecular weight is 542 g/mol. The average Bonchev–Trinajstić information content (AvgIpc) is 3.21. The van der Waals surface area contributed by atoms with Gasteiger partial charge in [0.05, 0.1) is 32.9 Å². The summed E-state index contributed by atoms with van der Waals surface area (Å²) >= 11 is 0. The number of guanidine groups is 1. The van der Waals surface area contributed by atoms with Gasteiger partial charge in [0.2, 0.25) is 0 Å². The Kier molecular flexibility index (Phi) is 11.2. The molecule has 0 aliphatic carbocycles. The van der Waals surface area contributed by atoms with Crippen LogP contribution in [0.4, 0.5) is 0 Å². The number of rotatable bonds is 9. The van der Waals surface area contributed by atoms with E-state index in [2.05, 4.69) is 40.7 Å². The van der Waals surface area contributed by atoms with E-state index in [1.807, 2.05) is 25.1 Å². The number of aliphatic imine (C=N–C) groups is 1. The Hall–Kier alpha value is -1.78. The van der Waals surface area contributed by atoms with Crippen molar-refractivity contribution in [3.8, 4) is 5.75 Å². The van der Waals surface area contributed by atoms with Crippen LogP contribution in [0.5, 0.6) is 5.75 Å². The summed E-state index contributed by atoms with van der Waals surface area (Å²) in [6.45, 7) is 9.59. The number of halogens is 1. The minimum absolute atomic E-state index is 0. The van der Waals surface area contributed by atoms with Crippen molar-refractivity contribution in [1.82, 2.24) is 15.5 Å². The molecule has 2 N–H and O–H groups in total. The molecule has 2 heterocycles. The van der Waals surface area contributed by atoms with Gasteiger partial charge in [-0.05, 0) is 50.1 Å². The zero-order valence-corrected chi connectivity index (χ0v) is 21.1. The fourth-order valence-electron chi connectivity index (χ4n) is 3.54. The van der Waals surface area contributed by atoms with Crippen LogP contribution in [-0.4, -0.2) is 63.9 Å². The van der Waals surface area contributed by atoms with Crippen molar-refractivity contribution in [2.45, 2.75) is 26.3 Å². The topological polar surface area (TPSA) is 71.3 Å².